The average Bonchev–Trinajstić information content (AvgIpc) is 2.68. The first-order valence-electron chi connectivity index (χ1n) is 3.90. The zero-order chi connectivity index (χ0) is 7.68. The van der Waals surface area contributed by atoms with Crippen molar-refractivity contribution < 1.29 is 4.52 Å². The van der Waals surface area contributed by atoms with Gasteiger partial charge < -0.3 is 10.3 Å². The van der Waals surface area contributed by atoms with E-state index in [1.807, 2.05) is 0 Å². The molecule has 1 aliphatic rings. The minimum absolute atomic E-state index is 0.369. The summed E-state index contributed by atoms with van der Waals surface area (Å²) in [6.07, 6.45) is 3.55. The molecule has 0 aromatic carbocycles. The van der Waals surface area contributed by atoms with E-state index in [1.165, 1.54) is 12.8 Å². The van der Waals surface area contributed by atoms with Gasteiger partial charge in [0.05, 0.1) is 6.54 Å². The maximum Gasteiger partial charge on any atom is 0.226 e. The Balaban J connectivity index is 1.99. The molecule has 0 radical (unpaired) electrons. The number of nitrogens with zero attached hydrogens (tertiary/aromatic N) is 2. The summed E-state index contributed by atoms with van der Waals surface area (Å²) in [4.78, 5) is 4.11. The Morgan fingerprint density at radius 2 is 2.36 bits per heavy atom. The third-order valence-corrected chi connectivity index (χ3v) is 1.85. The lowest BCUT2D eigenvalue weighted by atomic mass is 10.3. The van der Waals surface area contributed by atoms with Crippen LogP contribution in [0.15, 0.2) is 4.52 Å². The highest BCUT2D eigenvalue weighted by Crippen LogP contribution is 2.31. The third-order valence-electron chi connectivity index (χ3n) is 1.85. The summed E-state index contributed by atoms with van der Waals surface area (Å²) in [5, 5.41) is 3.70. The second-order valence-electron chi connectivity index (χ2n) is 2.96. The van der Waals surface area contributed by atoms with Gasteiger partial charge in [-0.25, -0.2) is 0 Å². The van der Waals surface area contributed by atoms with Crippen LogP contribution < -0.4 is 5.73 Å². The predicted octanol–water partition coefficient (Wildman–Crippen LogP) is 0.481. The lowest BCUT2D eigenvalue weighted by Crippen LogP contribution is -1.98. The van der Waals surface area contributed by atoms with Crippen molar-refractivity contribution in [1.29, 1.82) is 0 Å². The van der Waals surface area contributed by atoms with Crippen LogP contribution in [0.4, 0.5) is 0 Å². The van der Waals surface area contributed by atoms with Gasteiger partial charge in [0.25, 0.3) is 0 Å². The Hall–Kier alpha value is -0.900. The monoisotopic (exact) mass is 153 g/mol. The Kier molecular flexibility index (Phi) is 1.62. The molecule has 0 bridgehead atoms. The molecule has 1 fully saturated rings. The minimum Gasteiger partial charge on any atom is -0.339 e. The van der Waals surface area contributed by atoms with Crippen molar-refractivity contribution >= 4 is 0 Å². The summed E-state index contributed by atoms with van der Waals surface area (Å²) >= 11 is 0. The van der Waals surface area contributed by atoms with E-state index in [1.54, 1.807) is 0 Å². The highest BCUT2D eigenvalue weighted by atomic mass is 16.5. The van der Waals surface area contributed by atoms with Crippen LogP contribution in [-0.4, -0.2) is 10.1 Å². The fraction of sp³-hybridized carbons (Fsp3) is 0.714. The van der Waals surface area contributed by atoms with E-state index >= 15 is 0 Å². The third kappa shape index (κ3) is 1.57. The van der Waals surface area contributed by atoms with Gasteiger partial charge in [0, 0.05) is 6.42 Å². The Morgan fingerprint density at radius 3 is 2.91 bits per heavy atom. The SMILES string of the molecule is NCc1noc(CC2CC2)n1. The van der Waals surface area contributed by atoms with Crippen LogP contribution in [0, 0.1) is 5.92 Å². The molecule has 1 aliphatic carbocycles. The maximum absolute atomic E-state index is 5.32. The van der Waals surface area contributed by atoms with Crippen molar-refractivity contribution in [3.05, 3.63) is 11.7 Å². The van der Waals surface area contributed by atoms with Crippen molar-refractivity contribution in [3.8, 4) is 0 Å². The van der Waals surface area contributed by atoms with Crippen molar-refractivity contribution in [2.75, 3.05) is 0 Å². The van der Waals surface area contributed by atoms with Crippen LogP contribution in [-0.2, 0) is 13.0 Å². The van der Waals surface area contributed by atoms with E-state index in [2.05, 4.69) is 10.1 Å². The molecule has 2 N–H and O–H groups in total. The molecule has 0 spiro atoms. The highest BCUT2D eigenvalue weighted by Gasteiger charge is 2.24. The summed E-state index contributed by atoms with van der Waals surface area (Å²) in [5.74, 6) is 2.15. The molecule has 4 heteroatoms. The molecule has 60 valence electrons. The molecule has 2 rings (SSSR count). The number of rotatable bonds is 3. The van der Waals surface area contributed by atoms with Crippen LogP contribution in [0.1, 0.15) is 24.6 Å². The van der Waals surface area contributed by atoms with Gasteiger partial charge in [0.1, 0.15) is 0 Å². The molecule has 0 amide bonds. The minimum atomic E-state index is 0.369. The topological polar surface area (TPSA) is 64.9 Å². The molecule has 0 unspecified atom stereocenters. The summed E-state index contributed by atoms with van der Waals surface area (Å²) in [6, 6.07) is 0. The quantitative estimate of drug-likeness (QED) is 0.686. The van der Waals surface area contributed by atoms with Crippen molar-refractivity contribution in [2.45, 2.75) is 25.8 Å². The van der Waals surface area contributed by atoms with Crippen LogP contribution >= 0.6 is 0 Å². The second-order valence-corrected chi connectivity index (χ2v) is 2.96. The number of aromatic nitrogens is 2. The lowest BCUT2D eigenvalue weighted by Gasteiger charge is -1.85. The van der Waals surface area contributed by atoms with Gasteiger partial charge in [0.15, 0.2) is 5.82 Å². The average molecular weight is 153 g/mol. The van der Waals surface area contributed by atoms with Gasteiger partial charge in [0.2, 0.25) is 5.89 Å². The first-order valence-corrected chi connectivity index (χ1v) is 3.90. The first kappa shape index (κ1) is 6.79. The Labute approximate surface area is 64.8 Å². The number of hydrogen-bond acceptors (Lipinski definition) is 4. The van der Waals surface area contributed by atoms with Gasteiger partial charge >= 0.3 is 0 Å². The summed E-state index contributed by atoms with van der Waals surface area (Å²) in [6.45, 7) is 0.369. The Bertz CT molecular complexity index is 242. The molecule has 1 saturated carbocycles. The normalized spacial score (nSPS) is 17.2. The molecular weight excluding hydrogens is 142 g/mol. The molecular formula is C7H11N3O. The molecule has 0 atom stereocenters. The van der Waals surface area contributed by atoms with E-state index < -0.39 is 0 Å². The highest BCUT2D eigenvalue weighted by molar-refractivity contribution is 4.90. The van der Waals surface area contributed by atoms with E-state index in [0.29, 0.717) is 12.4 Å². The summed E-state index contributed by atoms with van der Waals surface area (Å²) in [5.41, 5.74) is 5.32. The second kappa shape index (κ2) is 2.62. The zero-order valence-electron chi connectivity index (χ0n) is 6.29. The molecule has 0 saturated heterocycles. The summed E-state index contributed by atoms with van der Waals surface area (Å²) < 4.78 is 4.97. The van der Waals surface area contributed by atoms with Crippen LogP contribution in [0.2, 0.25) is 0 Å². The number of nitrogens with two attached hydrogens (primary N) is 1. The first-order chi connectivity index (χ1) is 5.38. The van der Waals surface area contributed by atoms with Gasteiger partial charge in [-0.3, -0.25) is 0 Å². The molecule has 1 aromatic rings. The van der Waals surface area contributed by atoms with Crippen molar-refractivity contribution in [1.82, 2.24) is 10.1 Å². The number of hydrogen-bond donors (Lipinski definition) is 1. The van der Waals surface area contributed by atoms with Crippen LogP contribution in [0.5, 0.6) is 0 Å². The van der Waals surface area contributed by atoms with Gasteiger partial charge in [-0.15, -0.1) is 0 Å². The van der Waals surface area contributed by atoms with Gasteiger partial charge in [-0.2, -0.15) is 4.98 Å². The van der Waals surface area contributed by atoms with Crippen LogP contribution in [0.25, 0.3) is 0 Å². The largest absolute Gasteiger partial charge is 0.339 e. The van der Waals surface area contributed by atoms with Gasteiger partial charge in [-0.05, 0) is 18.8 Å². The summed E-state index contributed by atoms with van der Waals surface area (Å²) in [7, 11) is 0. The maximum atomic E-state index is 5.32. The standard InChI is InChI=1S/C7H11N3O/c8-4-6-9-7(11-10-6)3-5-1-2-5/h5H,1-4,8H2. The molecule has 0 aliphatic heterocycles. The Morgan fingerprint density at radius 1 is 1.55 bits per heavy atom. The van der Waals surface area contributed by atoms with E-state index in [-0.39, 0.29) is 0 Å². The van der Waals surface area contributed by atoms with Crippen molar-refractivity contribution in [2.24, 2.45) is 11.7 Å². The molecule has 1 heterocycles. The lowest BCUT2D eigenvalue weighted by molar-refractivity contribution is 0.368. The zero-order valence-corrected chi connectivity index (χ0v) is 6.29. The van der Waals surface area contributed by atoms with Crippen LogP contribution in [0.3, 0.4) is 0 Å². The van der Waals surface area contributed by atoms with E-state index in [0.717, 1.165) is 18.2 Å². The molecule has 11 heavy (non-hydrogen) atoms. The smallest absolute Gasteiger partial charge is 0.226 e. The van der Waals surface area contributed by atoms with Crippen molar-refractivity contribution in [3.63, 3.8) is 0 Å². The fourth-order valence-corrected chi connectivity index (χ4v) is 1.02. The fourth-order valence-electron chi connectivity index (χ4n) is 1.02. The molecule has 4 nitrogen and oxygen atoms in total. The molecule has 1 aromatic heterocycles. The van der Waals surface area contributed by atoms with E-state index in [4.69, 9.17) is 10.3 Å². The predicted molar refractivity (Wildman–Crippen MR) is 38.6 cm³/mol. The van der Waals surface area contributed by atoms with E-state index in [9.17, 15) is 0 Å². The van der Waals surface area contributed by atoms with Gasteiger partial charge in [-0.1, -0.05) is 5.16 Å².